The molecule has 28 heavy (non-hydrogen) atoms. The number of pyridine rings is 1. The fourth-order valence-corrected chi connectivity index (χ4v) is 2.41. The molecule has 1 heterocycles. The summed E-state index contributed by atoms with van der Waals surface area (Å²) < 4.78 is 16.1. The fraction of sp³-hybridized carbons (Fsp3) is 0.350. The molecule has 0 unspecified atom stereocenters. The summed E-state index contributed by atoms with van der Waals surface area (Å²) in [5, 5.41) is 5.50. The molecule has 0 bridgehead atoms. The monoisotopic (exact) mass is 385 g/mol. The Balaban J connectivity index is 1.33. The van der Waals surface area contributed by atoms with Crippen molar-refractivity contribution in [1.29, 1.82) is 0 Å². The number of aromatic nitrogens is 1. The summed E-state index contributed by atoms with van der Waals surface area (Å²) in [7, 11) is 1.57. The SMILES string of the molecule is COc1ccccc1OCCNC(=O)COc1ccc(NC(=O)C2CC2)cn1. The number of para-hydroxylation sites is 2. The van der Waals surface area contributed by atoms with Crippen molar-refractivity contribution in [2.75, 3.05) is 32.2 Å². The van der Waals surface area contributed by atoms with Crippen LogP contribution < -0.4 is 24.8 Å². The van der Waals surface area contributed by atoms with Gasteiger partial charge in [0, 0.05) is 12.0 Å². The lowest BCUT2D eigenvalue weighted by Crippen LogP contribution is -2.32. The highest BCUT2D eigenvalue weighted by atomic mass is 16.5. The van der Waals surface area contributed by atoms with Crippen molar-refractivity contribution in [2.45, 2.75) is 12.8 Å². The van der Waals surface area contributed by atoms with E-state index in [1.165, 1.54) is 6.20 Å². The minimum absolute atomic E-state index is 0.0187. The maximum Gasteiger partial charge on any atom is 0.258 e. The van der Waals surface area contributed by atoms with Crippen LogP contribution in [0.15, 0.2) is 42.6 Å². The van der Waals surface area contributed by atoms with Crippen molar-refractivity contribution in [2.24, 2.45) is 5.92 Å². The number of carbonyl (C=O) groups excluding carboxylic acids is 2. The lowest BCUT2D eigenvalue weighted by atomic mass is 10.3. The van der Waals surface area contributed by atoms with E-state index in [9.17, 15) is 9.59 Å². The van der Waals surface area contributed by atoms with Crippen LogP contribution in [0.2, 0.25) is 0 Å². The Labute approximate surface area is 163 Å². The molecule has 1 saturated carbocycles. The zero-order valence-electron chi connectivity index (χ0n) is 15.6. The third-order valence-electron chi connectivity index (χ3n) is 4.05. The topological polar surface area (TPSA) is 98.8 Å². The van der Waals surface area contributed by atoms with Crippen LogP contribution in [0, 0.1) is 5.92 Å². The molecule has 0 spiro atoms. The summed E-state index contributed by atoms with van der Waals surface area (Å²) in [5.41, 5.74) is 0.613. The maximum atomic E-state index is 11.8. The Kier molecular flexibility index (Phi) is 6.67. The van der Waals surface area contributed by atoms with E-state index in [-0.39, 0.29) is 24.3 Å². The molecule has 0 radical (unpaired) electrons. The molecule has 8 heteroatoms. The smallest absolute Gasteiger partial charge is 0.258 e. The normalized spacial score (nSPS) is 12.8. The molecular weight excluding hydrogens is 362 g/mol. The number of methoxy groups -OCH3 is 1. The maximum absolute atomic E-state index is 11.8. The Bertz CT molecular complexity index is 806. The number of anilines is 1. The van der Waals surface area contributed by atoms with Crippen molar-refractivity contribution in [1.82, 2.24) is 10.3 Å². The largest absolute Gasteiger partial charge is 0.493 e. The van der Waals surface area contributed by atoms with Gasteiger partial charge in [0.05, 0.1) is 25.5 Å². The van der Waals surface area contributed by atoms with Gasteiger partial charge >= 0.3 is 0 Å². The summed E-state index contributed by atoms with van der Waals surface area (Å²) in [6.45, 7) is 0.481. The van der Waals surface area contributed by atoms with Crippen molar-refractivity contribution >= 4 is 17.5 Å². The Morgan fingerprint density at radius 3 is 2.57 bits per heavy atom. The molecule has 8 nitrogen and oxygen atoms in total. The lowest BCUT2D eigenvalue weighted by molar-refractivity contribution is -0.123. The van der Waals surface area contributed by atoms with E-state index in [1.54, 1.807) is 31.4 Å². The van der Waals surface area contributed by atoms with Crippen LogP contribution in [-0.4, -0.2) is 43.7 Å². The van der Waals surface area contributed by atoms with Crippen LogP contribution >= 0.6 is 0 Å². The second-order valence-electron chi connectivity index (χ2n) is 6.29. The predicted molar refractivity (Wildman–Crippen MR) is 103 cm³/mol. The number of amides is 2. The molecule has 0 atom stereocenters. The summed E-state index contributed by atoms with van der Waals surface area (Å²) >= 11 is 0. The zero-order valence-corrected chi connectivity index (χ0v) is 15.6. The Hall–Kier alpha value is -3.29. The number of nitrogens with one attached hydrogen (secondary N) is 2. The molecule has 2 amide bonds. The first-order chi connectivity index (χ1) is 13.7. The molecule has 148 valence electrons. The van der Waals surface area contributed by atoms with Crippen LogP contribution in [-0.2, 0) is 9.59 Å². The second-order valence-corrected chi connectivity index (χ2v) is 6.29. The first-order valence-corrected chi connectivity index (χ1v) is 9.08. The predicted octanol–water partition coefficient (Wildman–Crippen LogP) is 2.01. The highest BCUT2D eigenvalue weighted by Crippen LogP contribution is 2.30. The number of ether oxygens (including phenoxy) is 3. The number of hydrogen-bond acceptors (Lipinski definition) is 6. The zero-order chi connectivity index (χ0) is 19.8. The fourth-order valence-electron chi connectivity index (χ4n) is 2.41. The standard InChI is InChI=1S/C20H23N3O5/c1-26-16-4-2-3-5-17(16)27-11-10-21-18(24)13-28-19-9-8-15(12-22-19)23-20(25)14-6-7-14/h2-5,8-9,12,14H,6-7,10-11,13H2,1H3,(H,21,24)(H,23,25). The van der Waals surface area contributed by atoms with Crippen molar-refractivity contribution in [3.05, 3.63) is 42.6 Å². The number of benzene rings is 1. The molecule has 2 N–H and O–H groups in total. The molecule has 1 aromatic heterocycles. The van der Waals surface area contributed by atoms with Crippen LogP contribution in [0.5, 0.6) is 17.4 Å². The number of hydrogen-bond donors (Lipinski definition) is 2. The van der Waals surface area contributed by atoms with Crippen LogP contribution in [0.3, 0.4) is 0 Å². The number of nitrogens with zero attached hydrogens (tertiary/aromatic N) is 1. The van der Waals surface area contributed by atoms with Gasteiger partial charge < -0.3 is 24.8 Å². The van der Waals surface area contributed by atoms with Crippen LogP contribution in [0.25, 0.3) is 0 Å². The van der Waals surface area contributed by atoms with Gasteiger partial charge in [0.2, 0.25) is 11.8 Å². The lowest BCUT2D eigenvalue weighted by Gasteiger charge is -2.11. The Morgan fingerprint density at radius 1 is 1.11 bits per heavy atom. The van der Waals surface area contributed by atoms with E-state index >= 15 is 0 Å². The van der Waals surface area contributed by atoms with Gasteiger partial charge in [-0.25, -0.2) is 4.98 Å². The van der Waals surface area contributed by atoms with Gasteiger partial charge in [-0.1, -0.05) is 12.1 Å². The molecule has 0 aliphatic heterocycles. The van der Waals surface area contributed by atoms with E-state index in [0.717, 1.165) is 12.8 Å². The van der Waals surface area contributed by atoms with E-state index in [1.807, 2.05) is 12.1 Å². The summed E-state index contributed by atoms with van der Waals surface area (Å²) in [6.07, 6.45) is 3.40. The summed E-state index contributed by atoms with van der Waals surface area (Å²) in [5.74, 6) is 1.44. The van der Waals surface area contributed by atoms with E-state index in [4.69, 9.17) is 14.2 Å². The van der Waals surface area contributed by atoms with Gasteiger partial charge in [0.25, 0.3) is 5.91 Å². The number of carbonyl (C=O) groups is 2. The van der Waals surface area contributed by atoms with Gasteiger partial charge in [-0.2, -0.15) is 0 Å². The molecule has 1 aromatic carbocycles. The van der Waals surface area contributed by atoms with Crippen molar-refractivity contribution in [3.8, 4) is 17.4 Å². The Morgan fingerprint density at radius 2 is 1.89 bits per heavy atom. The first-order valence-electron chi connectivity index (χ1n) is 9.08. The molecular formula is C20H23N3O5. The second kappa shape index (κ2) is 9.59. The van der Waals surface area contributed by atoms with Gasteiger partial charge in [0.1, 0.15) is 6.61 Å². The molecule has 1 aliphatic carbocycles. The highest BCUT2D eigenvalue weighted by Gasteiger charge is 2.29. The third-order valence-corrected chi connectivity index (χ3v) is 4.05. The summed E-state index contributed by atoms with van der Waals surface area (Å²) in [6, 6.07) is 10.6. The van der Waals surface area contributed by atoms with E-state index in [0.29, 0.717) is 36.2 Å². The molecule has 1 fully saturated rings. The van der Waals surface area contributed by atoms with E-state index in [2.05, 4.69) is 15.6 Å². The molecule has 2 aromatic rings. The molecule has 1 aliphatic rings. The average Bonchev–Trinajstić information content (AvgIpc) is 3.56. The molecule has 3 rings (SSSR count). The van der Waals surface area contributed by atoms with Gasteiger partial charge in [-0.05, 0) is 31.0 Å². The number of rotatable bonds is 10. The van der Waals surface area contributed by atoms with Gasteiger partial charge in [-0.3, -0.25) is 9.59 Å². The van der Waals surface area contributed by atoms with Crippen LogP contribution in [0.4, 0.5) is 5.69 Å². The minimum Gasteiger partial charge on any atom is -0.493 e. The summed E-state index contributed by atoms with van der Waals surface area (Å²) in [4.78, 5) is 27.6. The van der Waals surface area contributed by atoms with Crippen molar-refractivity contribution in [3.63, 3.8) is 0 Å². The van der Waals surface area contributed by atoms with Gasteiger partial charge in [0.15, 0.2) is 18.1 Å². The molecule has 0 saturated heterocycles. The third kappa shape index (κ3) is 5.87. The van der Waals surface area contributed by atoms with Crippen molar-refractivity contribution < 1.29 is 23.8 Å². The van der Waals surface area contributed by atoms with Crippen LogP contribution in [0.1, 0.15) is 12.8 Å². The van der Waals surface area contributed by atoms with Gasteiger partial charge in [-0.15, -0.1) is 0 Å². The highest BCUT2D eigenvalue weighted by molar-refractivity contribution is 5.93. The average molecular weight is 385 g/mol. The van der Waals surface area contributed by atoms with E-state index < -0.39 is 0 Å². The first kappa shape index (κ1) is 19.5. The quantitative estimate of drug-likeness (QED) is 0.607. The minimum atomic E-state index is -0.281.